The van der Waals surface area contributed by atoms with Gasteiger partial charge in [0.25, 0.3) is 0 Å². The fourth-order valence-corrected chi connectivity index (χ4v) is 3.53. The summed E-state index contributed by atoms with van der Waals surface area (Å²) in [5.41, 5.74) is 0.748. The van der Waals surface area contributed by atoms with Gasteiger partial charge in [-0.15, -0.1) is 0 Å². The molecular formula is C18H23ClFNO. The first kappa shape index (κ1) is 15.9. The number of halogens is 2. The maximum absolute atomic E-state index is 13.7. The summed E-state index contributed by atoms with van der Waals surface area (Å²) < 4.78 is 13.7. The third-order valence-corrected chi connectivity index (χ3v) is 5.23. The van der Waals surface area contributed by atoms with Gasteiger partial charge >= 0.3 is 0 Å². The molecule has 0 unspecified atom stereocenters. The lowest BCUT2D eigenvalue weighted by molar-refractivity contribution is -0.121. The van der Waals surface area contributed by atoms with E-state index >= 15 is 0 Å². The molecule has 1 N–H and O–H groups in total. The topological polar surface area (TPSA) is 29.1 Å². The molecule has 120 valence electrons. The Kier molecular flexibility index (Phi) is 5.14. The lowest BCUT2D eigenvalue weighted by Crippen LogP contribution is -2.31. The zero-order valence-electron chi connectivity index (χ0n) is 12.8. The number of Topliss-reactive ketones (excluding diaryl/α,β-unsaturated/α-hetero) is 1. The molecule has 2 nitrogen and oxygen atoms in total. The van der Waals surface area contributed by atoms with Crippen molar-refractivity contribution in [1.29, 1.82) is 0 Å². The van der Waals surface area contributed by atoms with Crippen molar-refractivity contribution in [2.45, 2.75) is 44.4 Å². The first-order valence-electron chi connectivity index (χ1n) is 8.34. The van der Waals surface area contributed by atoms with Crippen LogP contribution in [0.2, 0.25) is 5.02 Å². The summed E-state index contributed by atoms with van der Waals surface area (Å²) in [5.74, 6) is 0.473. The monoisotopic (exact) mass is 323 g/mol. The van der Waals surface area contributed by atoms with Crippen LogP contribution in [0.15, 0.2) is 18.2 Å². The van der Waals surface area contributed by atoms with E-state index in [2.05, 4.69) is 5.32 Å². The van der Waals surface area contributed by atoms with Gasteiger partial charge in [-0.25, -0.2) is 4.39 Å². The average Bonchev–Trinajstić information content (AvgIpc) is 3.23. The van der Waals surface area contributed by atoms with E-state index in [1.54, 1.807) is 12.1 Å². The van der Waals surface area contributed by atoms with Crippen LogP contribution < -0.4 is 5.32 Å². The smallest absolute Gasteiger partial charge is 0.144 e. The van der Waals surface area contributed by atoms with Crippen molar-refractivity contribution in [2.24, 2.45) is 11.8 Å². The summed E-state index contributed by atoms with van der Waals surface area (Å²) in [5, 5.41) is 3.56. The van der Waals surface area contributed by atoms with Crippen molar-refractivity contribution in [2.75, 3.05) is 13.1 Å². The van der Waals surface area contributed by atoms with Gasteiger partial charge in [0, 0.05) is 12.5 Å². The van der Waals surface area contributed by atoms with E-state index < -0.39 is 5.82 Å². The van der Waals surface area contributed by atoms with Crippen molar-refractivity contribution in [3.8, 4) is 0 Å². The minimum absolute atomic E-state index is 0.111. The minimum Gasteiger partial charge on any atom is -0.315 e. The number of carbonyl (C=O) groups is 1. The Morgan fingerprint density at radius 2 is 2.00 bits per heavy atom. The predicted molar refractivity (Wildman–Crippen MR) is 86.7 cm³/mol. The van der Waals surface area contributed by atoms with E-state index in [1.165, 1.54) is 31.7 Å². The minimum atomic E-state index is -0.441. The molecule has 0 spiro atoms. The molecule has 1 atom stereocenters. The highest BCUT2D eigenvalue weighted by molar-refractivity contribution is 6.30. The maximum atomic E-state index is 13.7. The highest BCUT2D eigenvalue weighted by Crippen LogP contribution is 2.36. The summed E-state index contributed by atoms with van der Waals surface area (Å²) in [6.45, 7) is 1.57. The number of carbonyl (C=O) groups excluding carboxylic acids is 1. The SMILES string of the molecule is O=C(C1CC1)[C@H](CNCC1CCCC1)c1ccc(Cl)c(F)c1. The Hall–Kier alpha value is -0.930. The molecule has 2 fully saturated rings. The van der Waals surface area contributed by atoms with Crippen LogP contribution in [-0.4, -0.2) is 18.9 Å². The molecule has 0 heterocycles. The van der Waals surface area contributed by atoms with E-state index in [-0.39, 0.29) is 22.6 Å². The first-order chi connectivity index (χ1) is 10.6. The maximum Gasteiger partial charge on any atom is 0.144 e. The molecule has 0 saturated heterocycles. The Labute approximate surface area is 136 Å². The molecule has 2 saturated carbocycles. The Morgan fingerprint density at radius 3 is 2.64 bits per heavy atom. The summed E-state index contributed by atoms with van der Waals surface area (Å²) in [6, 6.07) is 4.76. The second kappa shape index (κ2) is 7.10. The molecule has 0 aliphatic heterocycles. The third kappa shape index (κ3) is 3.88. The van der Waals surface area contributed by atoms with Gasteiger partial charge < -0.3 is 5.32 Å². The van der Waals surface area contributed by atoms with Crippen LogP contribution in [-0.2, 0) is 4.79 Å². The molecule has 0 bridgehead atoms. The molecule has 0 aromatic heterocycles. The Balaban J connectivity index is 1.65. The van der Waals surface area contributed by atoms with Gasteiger partial charge in [0.15, 0.2) is 0 Å². The average molecular weight is 324 g/mol. The van der Waals surface area contributed by atoms with Crippen LogP contribution in [0.4, 0.5) is 4.39 Å². The largest absolute Gasteiger partial charge is 0.315 e. The standard InChI is InChI=1S/C18H23ClFNO/c19-16-8-7-14(9-17(16)20)15(18(22)13-5-6-13)11-21-10-12-3-1-2-4-12/h7-9,12-13,15,21H,1-6,10-11H2/t15-/m1/s1. The van der Waals surface area contributed by atoms with Gasteiger partial charge in [-0.1, -0.05) is 30.5 Å². The predicted octanol–water partition coefficient (Wildman–Crippen LogP) is 4.32. The van der Waals surface area contributed by atoms with Crippen molar-refractivity contribution < 1.29 is 9.18 Å². The van der Waals surface area contributed by atoms with Crippen LogP contribution in [0, 0.1) is 17.7 Å². The molecule has 2 aliphatic rings. The summed E-state index contributed by atoms with van der Waals surface area (Å²) in [4.78, 5) is 12.5. The number of ketones is 1. The second-order valence-electron chi connectivity index (χ2n) is 6.71. The summed E-state index contributed by atoms with van der Waals surface area (Å²) >= 11 is 5.75. The molecule has 1 aromatic carbocycles. The molecule has 0 radical (unpaired) electrons. The highest BCUT2D eigenvalue weighted by Gasteiger charge is 2.35. The Bertz CT molecular complexity index is 538. The molecule has 1 aromatic rings. The third-order valence-electron chi connectivity index (χ3n) is 4.93. The molecule has 3 rings (SSSR count). The summed E-state index contributed by atoms with van der Waals surface area (Å²) in [6.07, 6.45) is 7.16. The van der Waals surface area contributed by atoms with Crippen molar-refractivity contribution in [3.63, 3.8) is 0 Å². The molecule has 4 heteroatoms. The van der Waals surface area contributed by atoms with Crippen molar-refractivity contribution in [1.82, 2.24) is 5.32 Å². The van der Waals surface area contributed by atoms with E-state index in [0.717, 1.165) is 30.9 Å². The zero-order valence-corrected chi connectivity index (χ0v) is 13.5. The number of benzene rings is 1. The fourth-order valence-electron chi connectivity index (χ4n) is 3.41. The molecule has 22 heavy (non-hydrogen) atoms. The summed E-state index contributed by atoms with van der Waals surface area (Å²) in [7, 11) is 0. The van der Waals surface area contributed by atoms with Gasteiger partial charge in [-0.05, 0) is 55.8 Å². The second-order valence-corrected chi connectivity index (χ2v) is 7.12. The molecule has 2 aliphatic carbocycles. The van der Waals surface area contributed by atoms with Gasteiger partial charge in [-0.3, -0.25) is 4.79 Å². The van der Waals surface area contributed by atoms with Gasteiger partial charge in [-0.2, -0.15) is 0 Å². The van der Waals surface area contributed by atoms with Crippen molar-refractivity contribution >= 4 is 17.4 Å². The van der Waals surface area contributed by atoms with E-state index in [1.807, 2.05) is 0 Å². The van der Waals surface area contributed by atoms with Gasteiger partial charge in [0.1, 0.15) is 11.6 Å². The number of nitrogens with one attached hydrogen (secondary N) is 1. The fraction of sp³-hybridized carbons (Fsp3) is 0.611. The normalized spacial score (nSPS) is 20.3. The van der Waals surface area contributed by atoms with Crippen LogP contribution >= 0.6 is 11.6 Å². The van der Waals surface area contributed by atoms with Gasteiger partial charge in [0.2, 0.25) is 0 Å². The van der Waals surface area contributed by atoms with Crippen molar-refractivity contribution in [3.05, 3.63) is 34.6 Å². The lowest BCUT2D eigenvalue weighted by atomic mass is 9.91. The number of hydrogen-bond acceptors (Lipinski definition) is 2. The number of hydrogen-bond donors (Lipinski definition) is 1. The van der Waals surface area contributed by atoms with E-state index in [4.69, 9.17) is 11.6 Å². The van der Waals surface area contributed by atoms with Gasteiger partial charge in [0.05, 0.1) is 10.9 Å². The van der Waals surface area contributed by atoms with E-state index in [9.17, 15) is 9.18 Å². The van der Waals surface area contributed by atoms with Crippen LogP contribution in [0.3, 0.4) is 0 Å². The Morgan fingerprint density at radius 1 is 1.27 bits per heavy atom. The zero-order chi connectivity index (χ0) is 15.5. The first-order valence-corrected chi connectivity index (χ1v) is 8.72. The molecule has 0 amide bonds. The van der Waals surface area contributed by atoms with Crippen LogP contribution in [0.25, 0.3) is 0 Å². The van der Waals surface area contributed by atoms with Crippen LogP contribution in [0.1, 0.15) is 50.0 Å². The van der Waals surface area contributed by atoms with Crippen LogP contribution in [0.5, 0.6) is 0 Å². The lowest BCUT2D eigenvalue weighted by Gasteiger charge is -2.19. The van der Waals surface area contributed by atoms with E-state index in [0.29, 0.717) is 6.54 Å². The number of rotatable bonds is 7. The highest BCUT2D eigenvalue weighted by atomic mass is 35.5. The quantitative estimate of drug-likeness (QED) is 0.809. The molecular weight excluding hydrogens is 301 g/mol.